The van der Waals surface area contributed by atoms with Crippen LogP contribution in [-0.2, 0) is 10.0 Å². The van der Waals surface area contributed by atoms with Crippen molar-refractivity contribution in [2.45, 2.75) is 19.9 Å². The van der Waals surface area contributed by atoms with Crippen molar-refractivity contribution in [3.05, 3.63) is 65.2 Å². The summed E-state index contributed by atoms with van der Waals surface area (Å²) < 4.78 is 24.4. The van der Waals surface area contributed by atoms with Crippen LogP contribution in [0, 0.1) is 6.92 Å². The first-order valence-electron chi connectivity index (χ1n) is 7.60. The molecule has 0 aliphatic rings. The Morgan fingerprint density at radius 1 is 1.12 bits per heavy atom. The Kier molecular flexibility index (Phi) is 5.29. The second-order valence-electron chi connectivity index (χ2n) is 5.89. The highest BCUT2D eigenvalue weighted by Crippen LogP contribution is 2.19. The monoisotopic (exact) mass is 346 g/mol. The number of hydrogen-bond donors (Lipinski definition) is 1. The van der Waals surface area contributed by atoms with Gasteiger partial charge in [-0.05, 0) is 37.6 Å². The third kappa shape index (κ3) is 4.35. The molecular weight excluding hydrogens is 324 g/mol. The Morgan fingerprint density at radius 2 is 1.75 bits per heavy atom. The van der Waals surface area contributed by atoms with E-state index in [1.165, 1.54) is 7.05 Å². The van der Waals surface area contributed by atoms with Crippen molar-refractivity contribution in [2.24, 2.45) is 0 Å². The Morgan fingerprint density at radius 3 is 2.33 bits per heavy atom. The number of amides is 1. The van der Waals surface area contributed by atoms with Crippen LogP contribution in [0.25, 0.3) is 0 Å². The van der Waals surface area contributed by atoms with Crippen LogP contribution >= 0.6 is 0 Å². The minimum atomic E-state index is -3.37. The van der Waals surface area contributed by atoms with Gasteiger partial charge in [0.15, 0.2) is 0 Å². The van der Waals surface area contributed by atoms with Gasteiger partial charge >= 0.3 is 0 Å². The van der Waals surface area contributed by atoms with Crippen LogP contribution in [0.2, 0.25) is 0 Å². The van der Waals surface area contributed by atoms with Crippen molar-refractivity contribution in [3.63, 3.8) is 0 Å². The van der Waals surface area contributed by atoms with Crippen molar-refractivity contribution in [1.82, 2.24) is 5.32 Å². The van der Waals surface area contributed by atoms with Crippen LogP contribution in [0.1, 0.15) is 34.5 Å². The molecule has 2 aromatic carbocycles. The molecule has 0 saturated carbocycles. The molecule has 2 rings (SSSR count). The summed E-state index contributed by atoms with van der Waals surface area (Å²) in [6.07, 6.45) is 1.12. The van der Waals surface area contributed by atoms with Crippen molar-refractivity contribution >= 4 is 21.6 Å². The summed E-state index contributed by atoms with van der Waals surface area (Å²) in [5, 5.41) is 2.93. The molecule has 0 bridgehead atoms. The second kappa shape index (κ2) is 7.05. The number of nitrogens with zero attached hydrogens (tertiary/aromatic N) is 1. The van der Waals surface area contributed by atoms with E-state index in [4.69, 9.17) is 0 Å². The summed E-state index contributed by atoms with van der Waals surface area (Å²) in [5.74, 6) is -0.244. The highest BCUT2D eigenvalue weighted by molar-refractivity contribution is 7.92. The number of benzene rings is 2. The van der Waals surface area contributed by atoms with Crippen molar-refractivity contribution in [1.29, 1.82) is 0 Å². The van der Waals surface area contributed by atoms with Gasteiger partial charge in [0, 0.05) is 12.6 Å². The van der Waals surface area contributed by atoms with E-state index in [2.05, 4.69) is 5.32 Å². The smallest absolute Gasteiger partial charge is 0.251 e. The number of carbonyl (C=O) groups excluding carboxylic acids is 1. The van der Waals surface area contributed by atoms with Gasteiger partial charge in [-0.25, -0.2) is 8.42 Å². The molecule has 5 nitrogen and oxygen atoms in total. The summed E-state index contributed by atoms with van der Waals surface area (Å²) in [6, 6.07) is 14.4. The zero-order chi connectivity index (χ0) is 17.9. The molecule has 0 heterocycles. The third-order valence-corrected chi connectivity index (χ3v) is 5.10. The molecule has 1 amide bonds. The van der Waals surface area contributed by atoms with Crippen LogP contribution in [0.5, 0.6) is 0 Å². The molecule has 0 spiro atoms. The molecule has 0 unspecified atom stereocenters. The number of rotatable bonds is 5. The molecule has 0 aliphatic carbocycles. The van der Waals surface area contributed by atoms with Gasteiger partial charge in [-0.2, -0.15) is 0 Å². The molecule has 0 aromatic heterocycles. The van der Waals surface area contributed by atoms with Gasteiger partial charge in [-0.3, -0.25) is 9.10 Å². The Balaban J connectivity index is 2.16. The molecule has 1 atom stereocenters. The van der Waals surface area contributed by atoms with Gasteiger partial charge in [0.25, 0.3) is 5.91 Å². The van der Waals surface area contributed by atoms with Crippen LogP contribution in [-0.4, -0.2) is 27.6 Å². The number of anilines is 1. The average molecular weight is 346 g/mol. The van der Waals surface area contributed by atoms with Crippen LogP contribution in [0.4, 0.5) is 5.69 Å². The Bertz CT molecular complexity index is 830. The van der Waals surface area contributed by atoms with E-state index in [1.54, 1.807) is 24.3 Å². The standard InChI is InChI=1S/C18H22N2O3S/c1-13-8-10-15(11-9-13)14(2)19-18(21)16-6-5-7-17(12-16)20(3)24(4,22)23/h5-12,14H,1-4H3,(H,19,21)/t14-/m1/s1. The summed E-state index contributed by atoms with van der Waals surface area (Å²) in [5.41, 5.74) is 3.04. The number of hydrogen-bond acceptors (Lipinski definition) is 3. The largest absolute Gasteiger partial charge is 0.346 e. The van der Waals surface area contributed by atoms with Gasteiger partial charge in [-0.15, -0.1) is 0 Å². The Labute approximate surface area is 143 Å². The third-order valence-electron chi connectivity index (χ3n) is 3.89. The van der Waals surface area contributed by atoms with Gasteiger partial charge < -0.3 is 5.32 Å². The van der Waals surface area contributed by atoms with E-state index < -0.39 is 10.0 Å². The van der Waals surface area contributed by atoms with Gasteiger partial charge in [0.1, 0.15) is 0 Å². The predicted molar refractivity (Wildman–Crippen MR) is 96.7 cm³/mol. The summed E-state index contributed by atoms with van der Waals surface area (Å²) in [6.45, 7) is 3.92. The Hall–Kier alpha value is -2.34. The summed E-state index contributed by atoms with van der Waals surface area (Å²) >= 11 is 0. The lowest BCUT2D eigenvalue weighted by atomic mass is 10.1. The van der Waals surface area contributed by atoms with E-state index in [9.17, 15) is 13.2 Å². The van der Waals surface area contributed by atoms with Gasteiger partial charge in [0.2, 0.25) is 10.0 Å². The summed E-state index contributed by atoms with van der Waals surface area (Å²) in [7, 11) is -1.91. The maximum Gasteiger partial charge on any atom is 0.251 e. The molecule has 0 aliphatic heterocycles. The minimum absolute atomic E-state index is 0.144. The topological polar surface area (TPSA) is 66.5 Å². The normalized spacial score (nSPS) is 12.5. The molecular formula is C18H22N2O3S. The maximum absolute atomic E-state index is 12.4. The van der Waals surface area contributed by atoms with Crippen molar-refractivity contribution in [3.8, 4) is 0 Å². The number of carbonyl (C=O) groups is 1. The van der Waals surface area contributed by atoms with Crippen molar-refractivity contribution in [2.75, 3.05) is 17.6 Å². The van der Waals surface area contributed by atoms with Crippen LogP contribution in [0.15, 0.2) is 48.5 Å². The lowest BCUT2D eigenvalue weighted by Crippen LogP contribution is -2.28. The minimum Gasteiger partial charge on any atom is -0.346 e. The molecule has 0 fully saturated rings. The zero-order valence-electron chi connectivity index (χ0n) is 14.3. The molecule has 6 heteroatoms. The van der Waals surface area contributed by atoms with Gasteiger partial charge in [-0.1, -0.05) is 35.9 Å². The quantitative estimate of drug-likeness (QED) is 0.905. The molecule has 128 valence electrons. The average Bonchev–Trinajstić information content (AvgIpc) is 2.54. The second-order valence-corrected chi connectivity index (χ2v) is 7.90. The van der Waals surface area contributed by atoms with E-state index in [-0.39, 0.29) is 11.9 Å². The lowest BCUT2D eigenvalue weighted by Gasteiger charge is -2.18. The predicted octanol–water partition coefficient (Wildman–Crippen LogP) is 2.88. The molecule has 2 aromatic rings. The number of aryl methyl sites for hydroxylation is 1. The fourth-order valence-corrected chi connectivity index (χ4v) is 2.75. The number of sulfonamides is 1. The molecule has 1 N–H and O–H groups in total. The van der Waals surface area contributed by atoms with E-state index >= 15 is 0 Å². The molecule has 0 saturated heterocycles. The fourth-order valence-electron chi connectivity index (χ4n) is 2.25. The van der Waals surface area contributed by atoms with Gasteiger partial charge in [0.05, 0.1) is 18.0 Å². The van der Waals surface area contributed by atoms with Crippen LogP contribution in [0.3, 0.4) is 0 Å². The SMILES string of the molecule is Cc1ccc([C@@H](C)NC(=O)c2cccc(N(C)S(C)(=O)=O)c2)cc1. The van der Waals surface area contributed by atoms with E-state index in [0.29, 0.717) is 11.3 Å². The highest BCUT2D eigenvalue weighted by Gasteiger charge is 2.15. The zero-order valence-corrected chi connectivity index (χ0v) is 15.1. The first-order valence-corrected chi connectivity index (χ1v) is 9.44. The lowest BCUT2D eigenvalue weighted by molar-refractivity contribution is 0.0940. The van der Waals surface area contributed by atoms with Crippen molar-refractivity contribution < 1.29 is 13.2 Å². The highest BCUT2D eigenvalue weighted by atomic mass is 32.2. The van der Waals surface area contributed by atoms with E-state index in [1.807, 2.05) is 38.1 Å². The van der Waals surface area contributed by atoms with E-state index in [0.717, 1.165) is 21.7 Å². The summed E-state index contributed by atoms with van der Waals surface area (Å²) in [4.78, 5) is 12.4. The fraction of sp³-hybridized carbons (Fsp3) is 0.278. The number of nitrogens with one attached hydrogen (secondary N) is 1. The first-order chi connectivity index (χ1) is 11.2. The molecule has 0 radical (unpaired) electrons. The first kappa shape index (κ1) is 18.0. The van der Waals surface area contributed by atoms with Crippen LogP contribution < -0.4 is 9.62 Å². The molecule has 24 heavy (non-hydrogen) atoms. The maximum atomic E-state index is 12.4.